The largest absolute Gasteiger partial charge is 0.478 e. The Bertz CT molecular complexity index is 949. The van der Waals surface area contributed by atoms with E-state index >= 15 is 0 Å². The van der Waals surface area contributed by atoms with E-state index in [0.29, 0.717) is 5.11 Å². The van der Waals surface area contributed by atoms with Crippen molar-refractivity contribution in [2.75, 3.05) is 5.32 Å². The summed E-state index contributed by atoms with van der Waals surface area (Å²) in [7, 11) is 0. The minimum atomic E-state index is -0.962. The number of para-hydroxylation sites is 1. The van der Waals surface area contributed by atoms with E-state index in [2.05, 4.69) is 20.8 Å². The summed E-state index contributed by atoms with van der Waals surface area (Å²) < 4.78 is 0. The number of thiocarbonyl (C=S) groups is 1. The molecule has 0 atom stereocenters. The number of anilines is 1. The molecule has 0 radical (unpaired) electrons. The molecule has 0 aliphatic rings. The van der Waals surface area contributed by atoms with E-state index in [9.17, 15) is 4.79 Å². The molecule has 0 saturated carbocycles. The van der Waals surface area contributed by atoms with Crippen LogP contribution in [0.25, 0.3) is 10.9 Å². The Labute approximate surface area is 149 Å². The number of aromatic nitrogens is 1. The molecular formula is C18H14N4O2S. The second-order valence-corrected chi connectivity index (χ2v) is 5.54. The van der Waals surface area contributed by atoms with Crippen LogP contribution in [0.3, 0.4) is 0 Å². The number of carboxylic acid groups (broad SMARTS) is 1. The molecule has 0 bridgehead atoms. The van der Waals surface area contributed by atoms with Gasteiger partial charge in [0.05, 0.1) is 23.0 Å². The molecule has 0 saturated heterocycles. The van der Waals surface area contributed by atoms with Crippen molar-refractivity contribution in [3.05, 3.63) is 71.9 Å². The van der Waals surface area contributed by atoms with E-state index in [-0.39, 0.29) is 5.56 Å². The number of benzene rings is 2. The third kappa shape index (κ3) is 4.15. The van der Waals surface area contributed by atoms with Crippen LogP contribution < -0.4 is 10.7 Å². The highest BCUT2D eigenvalue weighted by molar-refractivity contribution is 7.80. The zero-order chi connectivity index (χ0) is 17.6. The Morgan fingerprint density at radius 3 is 2.64 bits per heavy atom. The van der Waals surface area contributed by atoms with Crippen LogP contribution in [0.1, 0.15) is 15.9 Å². The first-order valence-corrected chi connectivity index (χ1v) is 7.81. The molecule has 3 aromatic rings. The minimum absolute atomic E-state index is 0.228. The van der Waals surface area contributed by atoms with Gasteiger partial charge in [-0.25, -0.2) is 4.79 Å². The maximum absolute atomic E-state index is 10.8. The number of hydrogen-bond donors (Lipinski definition) is 3. The molecule has 1 aromatic heterocycles. The van der Waals surface area contributed by atoms with Crippen molar-refractivity contribution in [2.24, 2.45) is 5.10 Å². The lowest BCUT2D eigenvalue weighted by Gasteiger charge is -2.09. The monoisotopic (exact) mass is 350 g/mol. The molecule has 0 amide bonds. The van der Waals surface area contributed by atoms with E-state index in [0.717, 1.165) is 22.2 Å². The predicted octanol–water partition coefficient (Wildman–Crippen LogP) is 3.25. The first kappa shape index (κ1) is 16.5. The first-order chi connectivity index (χ1) is 12.1. The number of pyridine rings is 1. The topological polar surface area (TPSA) is 86.6 Å². The van der Waals surface area contributed by atoms with E-state index in [4.69, 9.17) is 17.3 Å². The Morgan fingerprint density at radius 2 is 1.88 bits per heavy atom. The molecule has 7 heteroatoms. The van der Waals surface area contributed by atoms with Gasteiger partial charge in [-0.15, -0.1) is 0 Å². The molecule has 2 aromatic carbocycles. The molecule has 3 rings (SSSR count). The van der Waals surface area contributed by atoms with Crippen molar-refractivity contribution in [1.29, 1.82) is 0 Å². The fourth-order valence-corrected chi connectivity index (χ4v) is 2.40. The molecule has 124 valence electrons. The standard InChI is InChI=1S/C18H14N4O2S/c23-17(24)14-8-6-12(7-9-14)11-20-22-18(25)21-15-5-1-3-13-4-2-10-19-16(13)15/h1-11H,(H,23,24)(H2,21,22,25)/b20-11+. The molecule has 0 spiro atoms. The average molecular weight is 350 g/mol. The minimum Gasteiger partial charge on any atom is -0.478 e. The number of hydrazone groups is 1. The van der Waals surface area contributed by atoms with Crippen LogP contribution in [0.2, 0.25) is 0 Å². The summed E-state index contributed by atoms with van der Waals surface area (Å²) in [6.45, 7) is 0. The van der Waals surface area contributed by atoms with E-state index in [1.807, 2.05) is 30.3 Å². The highest BCUT2D eigenvalue weighted by Gasteiger charge is 2.03. The lowest BCUT2D eigenvalue weighted by Crippen LogP contribution is -2.24. The molecular weight excluding hydrogens is 336 g/mol. The SMILES string of the molecule is O=C(O)c1ccc(/C=N/NC(=S)Nc2cccc3cccnc23)cc1. The Morgan fingerprint density at radius 1 is 1.12 bits per heavy atom. The van der Waals surface area contributed by atoms with Crippen LogP contribution in [-0.2, 0) is 0 Å². The second kappa shape index (κ2) is 7.50. The van der Waals surface area contributed by atoms with Crippen molar-refractivity contribution in [2.45, 2.75) is 0 Å². The number of nitrogens with zero attached hydrogens (tertiary/aromatic N) is 2. The van der Waals surface area contributed by atoms with Gasteiger partial charge in [-0.1, -0.05) is 30.3 Å². The van der Waals surface area contributed by atoms with Gasteiger partial charge in [-0.05, 0) is 42.0 Å². The molecule has 3 N–H and O–H groups in total. The van der Waals surface area contributed by atoms with Gasteiger partial charge in [-0.3, -0.25) is 10.4 Å². The number of hydrogen-bond acceptors (Lipinski definition) is 4. The number of nitrogens with one attached hydrogen (secondary N) is 2. The van der Waals surface area contributed by atoms with E-state index in [1.54, 1.807) is 24.5 Å². The number of rotatable bonds is 4. The first-order valence-electron chi connectivity index (χ1n) is 7.40. The van der Waals surface area contributed by atoms with Gasteiger partial charge in [0, 0.05) is 11.6 Å². The summed E-state index contributed by atoms with van der Waals surface area (Å²) in [6, 6.07) is 16.0. The maximum atomic E-state index is 10.8. The third-order valence-corrected chi connectivity index (χ3v) is 3.61. The average Bonchev–Trinajstić information content (AvgIpc) is 2.62. The summed E-state index contributed by atoms with van der Waals surface area (Å²) in [5.74, 6) is -0.962. The molecule has 0 fully saturated rings. The summed E-state index contributed by atoms with van der Waals surface area (Å²) in [5.41, 5.74) is 5.32. The number of carboxylic acids is 1. The molecule has 0 unspecified atom stereocenters. The van der Waals surface area contributed by atoms with E-state index < -0.39 is 5.97 Å². The Kier molecular flexibility index (Phi) is 4.96. The van der Waals surface area contributed by atoms with Crippen molar-refractivity contribution in [3.8, 4) is 0 Å². The van der Waals surface area contributed by atoms with Gasteiger partial charge in [0.15, 0.2) is 5.11 Å². The van der Waals surface area contributed by atoms with Gasteiger partial charge in [-0.2, -0.15) is 5.10 Å². The lowest BCUT2D eigenvalue weighted by atomic mass is 10.1. The molecule has 25 heavy (non-hydrogen) atoms. The highest BCUT2D eigenvalue weighted by Crippen LogP contribution is 2.20. The van der Waals surface area contributed by atoms with Crippen LogP contribution in [-0.4, -0.2) is 27.4 Å². The summed E-state index contributed by atoms with van der Waals surface area (Å²) in [6.07, 6.45) is 3.28. The fraction of sp³-hybridized carbons (Fsp3) is 0. The van der Waals surface area contributed by atoms with Crippen molar-refractivity contribution >= 4 is 46.1 Å². The van der Waals surface area contributed by atoms with Crippen LogP contribution in [0.15, 0.2) is 65.9 Å². The summed E-state index contributed by atoms with van der Waals surface area (Å²) in [4.78, 5) is 15.2. The van der Waals surface area contributed by atoms with Crippen molar-refractivity contribution < 1.29 is 9.90 Å². The van der Waals surface area contributed by atoms with Gasteiger partial charge in [0.25, 0.3) is 0 Å². The molecule has 0 aliphatic carbocycles. The van der Waals surface area contributed by atoms with Crippen LogP contribution in [0.4, 0.5) is 5.69 Å². The third-order valence-electron chi connectivity index (χ3n) is 3.42. The van der Waals surface area contributed by atoms with Gasteiger partial charge in [0.2, 0.25) is 0 Å². The maximum Gasteiger partial charge on any atom is 0.335 e. The zero-order valence-electron chi connectivity index (χ0n) is 13.0. The van der Waals surface area contributed by atoms with Crippen LogP contribution in [0.5, 0.6) is 0 Å². The second-order valence-electron chi connectivity index (χ2n) is 5.13. The number of aromatic carboxylic acids is 1. The Hall–Kier alpha value is -3.32. The molecule has 6 nitrogen and oxygen atoms in total. The van der Waals surface area contributed by atoms with Crippen molar-refractivity contribution in [1.82, 2.24) is 10.4 Å². The van der Waals surface area contributed by atoms with Crippen LogP contribution in [0, 0.1) is 0 Å². The van der Waals surface area contributed by atoms with Gasteiger partial charge in [0.1, 0.15) is 0 Å². The van der Waals surface area contributed by atoms with E-state index in [1.165, 1.54) is 12.1 Å². The highest BCUT2D eigenvalue weighted by atomic mass is 32.1. The predicted molar refractivity (Wildman–Crippen MR) is 102 cm³/mol. The number of fused-ring (bicyclic) bond motifs is 1. The number of carbonyl (C=O) groups is 1. The summed E-state index contributed by atoms with van der Waals surface area (Å²) in [5, 5.41) is 17.3. The Balaban J connectivity index is 1.63. The zero-order valence-corrected chi connectivity index (χ0v) is 13.8. The smallest absolute Gasteiger partial charge is 0.335 e. The van der Waals surface area contributed by atoms with Gasteiger partial charge >= 0.3 is 5.97 Å². The summed E-state index contributed by atoms with van der Waals surface area (Å²) >= 11 is 5.23. The van der Waals surface area contributed by atoms with Gasteiger partial charge < -0.3 is 10.4 Å². The lowest BCUT2D eigenvalue weighted by molar-refractivity contribution is 0.0697. The molecule has 0 aliphatic heterocycles. The molecule has 1 heterocycles. The quantitative estimate of drug-likeness (QED) is 0.380. The van der Waals surface area contributed by atoms with Crippen molar-refractivity contribution in [3.63, 3.8) is 0 Å². The van der Waals surface area contributed by atoms with Crippen LogP contribution >= 0.6 is 12.2 Å². The normalized spacial score (nSPS) is 10.7. The fourth-order valence-electron chi connectivity index (χ4n) is 2.23.